The molecule has 1 amide bonds. The van der Waals surface area contributed by atoms with Crippen LogP contribution >= 0.6 is 0 Å². The summed E-state index contributed by atoms with van der Waals surface area (Å²) < 4.78 is 0. The number of hydrogen-bond donors (Lipinski definition) is 2. The van der Waals surface area contributed by atoms with Gasteiger partial charge in [-0.1, -0.05) is 0 Å². The zero-order chi connectivity index (χ0) is 8.48. The normalized spacial score (nSPS) is 32.1. The first-order valence-corrected chi connectivity index (χ1v) is 3.79. The molecular weight excluding hydrogens is 144 g/mol. The average Bonchev–Trinajstić information content (AvgIpc) is 1.85. The number of rotatable bonds is 0. The maximum atomic E-state index is 10.9. The van der Waals surface area contributed by atoms with Crippen molar-refractivity contribution in [3.63, 3.8) is 0 Å². The molecule has 4 nitrogen and oxygen atoms in total. The fraction of sp³-hybridized carbons (Fsp3) is 0.857. The van der Waals surface area contributed by atoms with Gasteiger partial charge in [0.25, 0.3) is 0 Å². The van der Waals surface area contributed by atoms with E-state index in [1.54, 1.807) is 6.92 Å². The molecule has 0 aliphatic carbocycles. The quantitative estimate of drug-likeness (QED) is 0.499. The van der Waals surface area contributed by atoms with E-state index in [4.69, 9.17) is 0 Å². The predicted octanol–water partition coefficient (Wildman–Crippen LogP) is -0.506. The lowest BCUT2D eigenvalue weighted by Gasteiger charge is -2.40. The van der Waals surface area contributed by atoms with Crippen LogP contribution < -0.4 is 5.32 Å². The van der Waals surface area contributed by atoms with Gasteiger partial charge in [0.2, 0.25) is 5.91 Å². The van der Waals surface area contributed by atoms with Gasteiger partial charge in [-0.2, -0.15) is 0 Å². The van der Waals surface area contributed by atoms with E-state index in [2.05, 4.69) is 5.32 Å². The van der Waals surface area contributed by atoms with E-state index < -0.39 is 5.85 Å². The van der Waals surface area contributed by atoms with Gasteiger partial charge >= 0.3 is 0 Å². The fourth-order valence-corrected chi connectivity index (χ4v) is 1.34. The van der Waals surface area contributed by atoms with Crippen molar-refractivity contribution in [3.05, 3.63) is 0 Å². The SMILES string of the molecule is CC(=O)N1CCCNC1(C)O. The number of carbonyl (C=O) groups is 1. The van der Waals surface area contributed by atoms with Gasteiger partial charge in [-0.15, -0.1) is 0 Å². The van der Waals surface area contributed by atoms with Crippen LogP contribution in [0.1, 0.15) is 20.3 Å². The van der Waals surface area contributed by atoms with Gasteiger partial charge in [-0.05, 0) is 13.3 Å². The van der Waals surface area contributed by atoms with Gasteiger partial charge < -0.3 is 10.0 Å². The number of nitrogens with one attached hydrogen (secondary N) is 1. The van der Waals surface area contributed by atoms with Crippen LogP contribution in [0, 0.1) is 0 Å². The summed E-state index contributed by atoms with van der Waals surface area (Å²) in [6.07, 6.45) is 0.899. The molecule has 0 aromatic rings. The highest BCUT2D eigenvalue weighted by Crippen LogP contribution is 2.12. The Morgan fingerprint density at radius 1 is 1.73 bits per heavy atom. The minimum Gasteiger partial charge on any atom is -0.359 e. The summed E-state index contributed by atoms with van der Waals surface area (Å²) in [4.78, 5) is 12.4. The standard InChI is InChI=1S/C7H14N2O2/c1-6(10)9-5-3-4-8-7(9,2)11/h8,11H,3-5H2,1-2H3. The second-order valence-electron chi connectivity index (χ2n) is 2.97. The number of amides is 1. The molecule has 0 aromatic heterocycles. The van der Waals surface area contributed by atoms with Crippen LogP contribution in [0.5, 0.6) is 0 Å². The number of hydrogen-bond acceptors (Lipinski definition) is 3. The summed E-state index contributed by atoms with van der Waals surface area (Å²) in [5.74, 6) is -1.24. The van der Waals surface area contributed by atoms with Crippen molar-refractivity contribution in [1.82, 2.24) is 10.2 Å². The molecule has 0 saturated carbocycles. The summed E-state index contributed by atoms with van der Waals surface area (Å²) in [5, 5.41) is 12.4. The first-order chi connectivity index (χ1) is 5.04. The van der Waals surface area contributed by atoms with Crippen LogP contribution in [0.3, 0.4) is 0 Å². The fourth-order valence-electron chi connectivity index (χ4n) is 1.34. The smallest absolute Gasteiger partial charge is 0.222 e. The molecule has 0 spiro atoms. The highest BCUT2D eigenvalue weighted by molar-refractivity contribution is 5.73. The van der Waals surface area contributed by atoms with E-state index in [0.717, 1.165) is 13.0 Å². The van der Waals surface area contributed by atoms with Gasteiger partial charge in [0, 0.05) is 20.0 Å². The Kier molecular flexibility index (Phi) is 2.15. The first-order valence-electron chi connectivity index (χ1n) is 3.79. The zero-order valence-corrected chi connectivity index (χ0v) is 6.92. The minimum absolute atomic E-state index is 0.0952. The van der Waals surface area contributed by atoms with Crippen LogP contribution in [0.4, 0.5) is 0 Å². The summed E-state index contributed by atoms with van der Waals surface area (Å²) in [5.41, 5.74) is 0. The van der Waals surface area contributed by atoms with E-state index in [1.165, 1.54) is 11.8 Å². The molecule has 4 heteroatoms. The number of carbonyl (C=O) groups excluding carboxylic acids is 1. The van der Waals surface area contributed by atoms with Crippen LogP contribution in [-0.2, 0) is 4.79 Å². The van der Waals surface area contributed by atoms with E-state index in [9.17, 15) is 9.90 Å². The van der Waals surface area contributed by atoms with E-state index in [-0.39, 0.29) is 5.91 Å². The lowest BCUT2D eigenvalue weighted by Crippen LogP contribution is -2.62. The lowest BCUT2D eigenvalue weighted by molar-refractivity contribution is -0.167. The largest absolute Gasteiger partial charge is 0.359 e. The van der Waals surface area contributed by atoms with Crippen LogP contribution in [-0.4, -0.2) is 34.9 Å². The molecule has 11 heavy (non-hydrogen) atoms. The summed E-state index contributed by atoms with van der Waals surface area (Å²) in [6.45, 7) is 4.45. The molecule has 64 valence electrons. The van der Waals surface area contributed by atoms with Gasteiger partial charge in [0.1, 0.15) is 0 Å². The minimum atomic E-state index is -1.15. The Labute approximate surface area is 66.2 Å². The van der Waals surface area contributed by atoms with E-state index >= 15 is 0 Å². The molecule has 0 bridgehead atoms. The van der Waals surface area contributed by atoms with Crippen molar-refractivity contribution in [1.29, 1.82) is 0 Å². The zero-order valence-electron chi connectivity index (χ0n) is 6.92. The van der Waals surface area contributed by atoms with Crippen molar-refractivity contribution in [3.8, 4) is 0 Å². The third-order valence-corrected chi connectivity index (χ3v) is 1.92. The highest BCUT2D eigenvalue weighted by atomic mass is 16.3. The van der Waals surface area contributed by atoms with Crippen molar-refractivity contribution < 1.29 is 9.90 Å². The number of aliphatic hydroxyl groups is 1. The summed E-state index contributed by atoms with van der Waals surface area (Å²) >= 11 is 0. The molecule has 0 aromatic carbocycles. The van der Waals surface area contributed by atoms with Crippen LogP contribution in [0.25, 0.3) is 0 Å². The predicted molar refractivity (Wildman–Crippen MR) is 40.6 cm³/mol. The van der Waals surface area contributed by atoms with Gasteiger partial charge in [0.05, 0.1) is 0 Å². The average molecular weight is 158 g/mol. The van der Waals surface area contributed by atoms with Crippen LogP contribution in [0.15, 0.2) is 0 Å². The monoisotopic (exact) mass is 158 g/mol. The second-order valence-corrected chi connectivity index (χ2v) is 2.97. The molecule has 1 heterocycles. The third-order valence-electron chi connectivity index (χ3n) is 1.92. The molecule has 1 saturated heterocycles. The molecule has 1 rings (SSSR count). The summed E-state index contributed by atoms with van der Waals surface area (Å²) in [6, 6.07) is 0. The lowest BCUT2D eigenvalue weighted by atomic mass is 10.2. The van der Waals surface area contributed by atoms with E-state index in [0.29, 0.717) is 6.54 Å². The maximum Gasteiger partial charge on any atom is 0.222 e. The Balaban J connectivity index is 2.67. The van der Waals surface area contributed by atoms with Gasteiger partial charge in [-0.25, -0.2) is 0 Å². The molecule has 1 aliphatic heterocycles. The maximum absolute atomic E-state index is 10.9. The van der Waals surface area contributed by atoms with Gasteiger partial charge in [-0.3, -0.25) is 10.1 Å². The van der Waals surface area contributed by atoms with Crippen LogP contribution in [0.2, 0.25) is 0 Å². The van der Waals surface area contributed by atoms with Crippen molar-refractivity contribution >= 4 is 5.91 Å². The Morgan fingerprint density at radius 3 is 2.73 bits per heavy atom. The molecule has 1 unspecified atom stereocenters. The van der Waals surface area contributed by atoms with Crippen molar-refractivity contribution in [2.75, 3.05) is 13.1 Å². The van der Waals surface area contributed by atoms with E-state index in [1.807, 2.05) is 0 Å². The third kappa shape index (κ3) is 1.70. The number of nitrogens with zero attached hydrogens (tertiary/aromatic N) is 1. The van der Waals surface area contributed by atoms with Crippen molar-refractivity contribution in [2.24, 2.45) is 0 Å². The molecule has 1 atom stereocenters. The topological polar surface area (TPSA) is 52.6 Å². The molecule has 0 radical (unpaired) electrons. The Morgan fingerprint density at radius 2 is 2.36 bits per heavy atom. The highest BCUT2D eigenvalue weighted by Gasteiger charge is 2.32. The molecular formula is C7H14N2O2. The molecule has 2 N–H and O–H groups in total. The summed E-state index contributed by atoms with van der Waals surface area (Å²) in [7, 11) is 0. The first kappa shape index (κ1) is 8.49. The van der Waals surface area contributed by atoms with Crippen molar-refractivity contribution in [2.45, 2.75) is 26.1 Å². The Hall–Kier alpha value is -0.610. The van der Waals surface area contributed by atoms with Gasteiger partial charge in [0.15, 0.2) is 5.85 Å². The second kappa shape index (κ2) is 2.79. The Bertz CT molecular complexity index is 168. The molecule has 1 aliphatic rings. The molecule has 1 fully saturated rings.